The smallest absolute Gasteiger partial charge is 0.115 e. The molecule has 0 amide bonds. The largest absolute Gasteiger partial charge is 0.508 e. The van der Waals surface area contributed by atoms with Gasteiger partial charge in [-0.15, -0.1) is 0 Å². The molecule has 64 valence electrons. The molecule has 0 unspecified atom stereocenters. The summed E-state index contributed by atoms with van der Waals surface area (Å²) in [7, 11) is 0. The predicted octanol–water partition coefficient (Wildman–Crippen LogP) is 1.38. The average molecular weight is 163 g/mol. The Bertz CT molecular complexity index is 310. The second-order valence-electron chi connectivity index (χ2n) is 3.78. The van der Waals surface area contributed by atoms with Crippen LogP contribution >= 0.6 is 0 Å². The normalized spacial score (nSPS) is 33.3. The van der Waals surface area contributed by atoms with E-state index >= 15 is 0 Å². The summed E-state index contributed by atoms with van der Waals surface area (Å²) < 4.78 is 0. The van der Waals surface area contributed by atoms with Crippen molar-refractivity contribution in [1.29, 1.82) is 0 Å². The lowest BCUT2D eigenvalue weighted by molar-refractivity contribution is 0.473. The third-order valence-electron chi connectivity index (χ3n) is 2.81. The van der Waals surface area contributed by atoms with Gasteiger partial charge in [0.1, 0.15) is 5.75 Å². The van der Waals surface area contributed by atoms with Gasteiger partial charge in [-0.3, -0.25) is 0 Å². The Kier molecular flexibility index (Phi) is 1.42. The Morgan fingerprint density at radius 1 is 1.58 bits per heavy atom. The standard InChI is InChI=1S/C10H13NO/c1-10(6-9(10)11)7-3-2-4-8(12)5-7/h2-5,9,12H,6,11H2,1H3/t9-,10+/m0/s1. The van der Waals surface area contributed by atoms with Crippen LogP contribution < -0.4 is 5.73 Å². The molecule has 1 aromatic rings. The van der Waals surface area contributed by atoms with Crippen molar-refractivity contribution in [1.82, 2.24) is 0 Å². The minimum absolute atomic E-state index is 0.110. The lowest BCUT2D eigenvalue weighted by atomic mass is 9.97. The fraction of sp³-hybridized carbons (Fsp3) is 0.400. The molecule has 1 saturated carbocycles. The molecule has 3 N–H and O–H groups in total. The van der Waals surface area contributed by atoms with E-state index in [1.807, 2.05) is 12.1 Å². The minimum Gasteiger partial charge on any atom is -0.508 e. The highest BCUT2D eigenvalue weighted by Crippen LogP contribution is 2.46. The van der Waals surface area contributed by atoms with Gasteiger partial charge in [-0.25, -0.2) is 0 Å². The molecule has 2 heteroatoms. The van der Waals surface area contributed by atoms with Crippen molar-refractivity contribution in [2.75, 3.05) is 0 Å². The van der Waals surface area contributed by atoms with Crippen LogP contribution in [0.3, 0.4) is 0 Å². The molecule has 2 nitrogen and oxygen atoms in total. The molecule has 2 rings (SSSR count). The summed E-state index contributed by atoms with van der Waals surface area (Å²) in [6.45, 7) is 2.13. The van der Waals surface area contributed by atoms with Crippen LogP contribution in [-0.4, -0.2) is 11.1 Å². The maximum atomic E-state index is 9.25. The van der Waals surface area contributed by atoms with Gasteiger partial charge in [-0.05, 0) is 24.1 Å². The quantitative estimate of drug-likeness (QED) is 0.657. The number of phenolic OH excluding ortho intramolecular Hbond substituents is 1. The van der Waals surface area contributed by atoms with E-state index in [2.05, 4.69) is 6.92 Å². The van der Waals surface area contributed by atoms with Crippen molar-refractivity contribution >= 4 is 0 Å². The minimum atomic E-state index is 0.110. The molecule has 12 heavy (non-hydrogen) atoms. The van der Waals surface area contributed by atoms with Crippen LogP contribution in [0.5, 0.6) is 5.75 Å². The van der Waals surface area contributed by atoms with Crippen LogP contribution in [0.4, 0.5) is 0 Å². The van der Waals surface area contributed by atoms with E-state index < -0.39 is 0 Å². The van der Waals surface area contributed by atoms with Gasteiger partial charge in [0.05, 0.1) is 0 Å². The van der Waals surface area contributed by atoms with E-state index in [0.717, 1.165) is 12.0 Å². The summed E-state index contributed by atoms with van der Waals surface area (Å²) >= 11 is 0. The number of phenols is 1. The van der Waals surface area contributed by atoms with Gasteiger partial charge < -0.3 is 10.8 Å². The molecule has 1 fully saturated rings. The van der Waals surface area contributed by atoms with Crippen LogP contribution in [-0.2, 0) is 5.41 Å². The summed E-state index contributed by atoms with van der Waals surface area (Å²) in [6, 6.07) is 7.63. The van der Waals surface area contributed by atoms with Gasteiger partial charge in [-0.1, -0.05) is 19.1 Å². The molecule has 0 radical (unpaired) electrons. The van der Waals surface area contributed by atoms with E-state index in [-0.39, 0.29) is 11.5 Å². The molecular weight excluding hydrogens is 150 g/mol. The lowest BCUT2D eigenvalue weighted by Crippen LogP contribution is -2.14. The Morgan fingerprint density at radius 2 is 2.25 bits per heavy atom. The van der Waals surface area contributed by atoms with Gasteiger partial charge >= 0.3 is 0 Å². The van der Waals surface area contributed by atoms with Crippen LogP contribution in [0.1, 0.15) is 18.9 Å². The van der Waals surface area contributed by atoms with Gasteiger partial charge in [0.2, 0.25) is 0 Å². The first-order valence-electron chi connectivity index (χ1n) is 4.18. The van der Waals surface area contributed by atoms with Crippen LogP contribution in [0.2, 0.25) is 0 Å². The SMILES string of the molecule is C[C@]1(c2cccc(O)c2)C[C@@H]1N. The van der Waals surface area contributed by atoms with Crippen molar-refractivity contribution in [3.8, 4) is 5.75 Å². The molecule has 0 aromatic heterocycles. The fourth-order valence-electron chi connectivity index (χ4n) is 1.59. The highest BCUT2D eigenvalue weighted by molar-refractivity contribution is 5.38. The maximum Gasteiger partial charge on any atom is 0.115 e. The number of hydrogen-bond acceptors (Lipinski definition) is 2. The zero-order valence-electron chi connectivity index (χ0n) is 7.12. The molecule has 0 spiro atoms. The summed E-state index contributed by atoms with van der Waals surface area (Å²) in [5.74, 6) is 0.327. The molecule has 0 saturated heterocycles. The fourth-order valence-corrected chi connectivity index (χ4v) is 1.59. The van der Waals surface area contributed by atoms with Gasteiger partial charge in [0.25, 0.3) is 0 Å². The topological polar surface area (TPSA) is 46.2 Å². The van der Waals surface area contributed by atoms with Crippen molar-refractivity contribution in [3.05, 3.63) is 29.8 Å². The highest BCUT2D eigenvalue weighted by atomic mass is 16.3. The lowest BCUT2D eigenvalue weighted by Gasteiger charge is -2.09. The molecule has 0 bridgehead atoms. The van der Waals surface area contributed by atoms with Crippen molar-refractivity contribution in [2.24, 2.45) is 5.73 Å². The third-order valence-corrected chi connectivity index (χ3v) is 2.81. The Hall–Kier alpha value is -1.02. The van der Waals surface area contributed by atoms with Crippen molar-refractivity contribution in [3.63, 3.8) is 0 Å². The summed E-state index contributed by atoms with van der Waals surface area (Å²) in [4.78, 5) is 0. The van der Waals surface area contributed by atoms with E-state index in [1.165, 1.54) is 0 Å². The summed E-state index contributed by atoms with van der Waals surface area (Å²) in [5, 5.41) is 9.25. The predicted molar refractivity (Wildman–Crippen MR) is 48.1 cm³/mol. The number of aromatic hydroxyl groups is 1. The summed E-state index contributed by atoms with van der Waals surface area (Å²) in [5.41, 5.74) is 7.06. The van der Waals surface area contributed by atoms with E-state index in [4.69, 9.17) is 5.73 Å². The average Bonchev–Trinajstić information content (AvgIpc) is 2.61. The molecule has 1 aromatic carbocycles. The molecule has 1 aliphatic rings. The van der Waals surface area contributed by atoms with Gasteiger partial charge in [0, 0.05) is 11.5 Å². The highest BCUT2D eigenvalue weighted by Gasteiger charge is 2.48. The molecule has 0 aliphatic heterocycles. The van der Waals surface area contributed by atoms with Crippen LogP contribution in [0, 0.1) is 0 Å². The molecular formula is C10H13NO. The van der Waals surface area contributed by atoms with Gasteiger partial charge in [0.15, 0.2) is 0 Å². The Balaban J connectivity index is 2.36. The van der Waals surface area contributed by atoms with E-state index in [9.17, 15) is 5.11 Å². The monoisotopic (exact) mass is 163 g/mol. The summed E-state index contributed by atoms with van der Waals surface area (Å²) in [6.07, 6.45) is 1.02. The van der Waals surface area contributed by atoms with Gasteiger partial charge in [-0.2, -0.15) is 0 Å². The van der Waals surface area contributed by atoms with Crippen molar-refractivity contribution < 1.29 is 5.11 Å². The first-order chi connectivity index (χ1) is 5.63. The molecule has 0 heterocycles. The first kappa shape index (κ1) is 7.62. The number of nitrogens with two attached hydrogens (primary N) is 1. The number of rotatable bonds is 1. The van der Waals surface area contributed by atoms with E-state index in [0.29, 0.717) is 5.75 Å². The van der Waals surface area contributed by atoms with Crippen molar-refractivity contribution in [2.45, 2.75) is 24.8 Å². The van der Waals surface area contributed by atoms with Crippen LogP contribution in [0.25, 0.3) is 0 Å². The zero-order chi connectivity index (χ0) is 8.77. The number of hydrogen-bond donors (Lipinski definition) is 2. The Morgan fingerprint density at radius 3 is 2.75 bits per heavy atom. The number of benzene rings is 1. The first-order valence-corrected chi connectivity index (χ1v) is 4.18. The second-order valence-corrected chi connectivity index (χ2v) is 3.78. The third kappa shape index (κ3) is 0.994. The zero-order valence-corrected chi connectivity index (χ0v) is 7.12. The van der Waals surface area contributed by atoms with E-state index in [1.54, 1.807) is 12.1 Å². The maximum absolute atomic E-state index is 9.25. The molecule has 1 aliphatic carbocycles. The van der Waals surface area contributed by atoms with Crippen LogP contribution in [0.15, 0.2) is 24.3 Å². The Labute approximate surface area is 72.0 Å². The second kappa shape index (κ2) is 2.23. The molecule has 2 atom stereocenters.